The normalized spacial score (nSPS) is 16.8. The lowest BCUT2D eigenvalue weighted by Gasteiger charge is -2.48. The molecule has 0 radical (unpaired) electrons. The highest BCUT2D eigenvalue weighted by Gasteiger charge is 2.48. The Balaban J connectivity index is 1.57. The number of ether oxygens (including phenoxy) is 2. The third-order valence-electron chi connectivity index (χ3n) is 6.79. The summed E-state index contributed by atoms with van der Waals surface area (Å²) in [6.07, 6.45) is 1.13. The van der Waals surface area contributed by atoms with Crippen LogP contribution in [0.5, 0.6) is 5.75 Å². The van der Waals surface area contributed by atoms with Crippen molar-refractivity contribution in [2.75, 3.05) is 17.7 Å². The van der Waals surface area contributed by atoms with Crippen LogP contribution in [-0.4, -0.2) is 39.1 Å². The van der Waals surface area contributed by atoms with E-state index in [2.05, 4.69) is 16.6 Å². The van der Waals surface area contributed by atoms with Gasteiger partial charge < -0.3 is 14.4 Å². The molecule has 0 saturated carbocycles. The smallest absolute Gasteiger partial charge is 0.308 e. The SMILES string of the molecule is CC(=O)Oc1ccc([C@@H]2[C@@H](CC[C@H](OC(C)=O)c3ccc(F)cc3)C(=O)N2c2ccc(C#CCNS(C)(=O)=O)cc2)cc1. The Bertz CT molecular complexity index is 1640. The van der Waals surface area contributed by atoms with Gasteiger partial charge in [0.25, 0.3) is 0 Å². The molecule has 1 aliphatic rings. The van der Waals surface area contributed by atoms with Crippen molar-refractivity contribution < 1.29 is 36.7 Å². The molecule has 0 unspecified atom stereocenters. The quantitative estimate of drug-likeness (QED) is 0.157. The maximum Gasteiger partial charge on any atom is 0.308 e. The molecular weight excluding hydrogens is 575 g/mol. The molecule has 1 saturated heterocycles. The van der Waals surface area contributed by atoms with Gasteiger partial charge in [-0.2, -0.15) is 0 Å². The largest absolute Gasteiger partial charge is 0.458 e. The predicted molar refractivity (Wildman–Crippen MR) is 158 cm³/mol. The minimum absolute atomic E-state index is 0.0233. The second-order valence-electron chi connectivity index (χ2n) is 10.1. The fourth-order valence-electron chi connectivity index (χ4n) is 4.92. The highest BCUT2D eigenvalue weighted by molar-refractivity contribution is 7.88. The van der Waals surface area contributed by atoms with E-state index in [0.717, 1.165) is 11.8 Å². The monoisotopic (exact) mass is 606 g/mol. The van der Waals surface area contributed by atoms with Gasteiger partial charge in [-0.15, -0.1) is 0 Å². The molecule has 3 aromatic rings. The van der Waals surface area contributed by atoms with E-state index < -0.39 is 39.8 Å². The van der Waals surface area contributed by atoms with Gasteiger partial charge in [0, 0.05) is 25.1 Å². The minimum Gasteiger partial charge on any atom is -0.458 e. The molecule has 3 atom stereocenters. The first-order chi connectivity index (χ1) is 20.4. The molecule has 0 aromatic heterocycles. The molecule has 1 heterocycles. The number of esters is 2. The molecule has 4 rings (SSSR count). The van der Waals surface area contributed by atoms with Gasteiger partial charge in [-0.05, 0) is 72.5 Å². The maximum atomic E-state index is 13.6. The maximum absolute atomic E-state index is 13.6. The van der Waals surface area contributed by atoms with Crippen LogP contribution in [0, 0.1) is 23.6 Å². The van der Waals surface area contributed by atoms with Gasteiger partial charge in [-0.25, -0.2) is 17.5 Å². The molecular formula is C32H31FN2O7S. The van der Waals surface area contributed by atoms with E-state index in [9.17, 15) is 27.2 Å². The van der Waals surface area contributed by atoms with Crippen molar-refractivity contribution in [3.63, 3.8) is 0 Å². The number of halogens is 1. The standard InChI is InChI=1S/C32H31FN2O7S/c1-21(36)41-28-16-10-25(11-17-28)31-29(18-19-30(42-22(2)37)24-8-12-26(33)13-9-24)32(38)35(31)27-14-6-23(7-15-27)5-4-20-34-43(3,39)40/h6-17,29-31,34H,18-20H2,1-3H3/t29-,30+,31-/m1/s1. The number of carbonyl (C=O) groups excluding carboxylic acids is 3. The molecule has 1 amide bonds. The van der Waals surface area contributed by atoms with Crippen LogP contribution in [0.3, 0.4) is 0 Å². The van der Waals surface area contributed by atoms with Gasteiger partial charge in [0.05, 0.1) is 24.8 Å². The summed E-state index contributed by atoms with van der Waals surface area (Å²) < 4.78 is 48.9. The van der Waals surface area contributed by atoms with Crippen LogP contribution in [0.25, 0.3) is 0 Å². The van der Waals surface area contributed by atoms with Gasteiger partial charge in [0.1, 0.15) is 17.7 Å². The molecule has 9 nitrogen and oxygen atoms in total. The second kappa shape index (κ2) is 13.6. The Morgan fingerprint density at radius 1 is 0.977 bits per heavy atom. The van der Waals surface area contributed by atoms with E-state index >= 15 is 0 Å². The molecule has 0 aliphatic carbocycles. The molecule has 1 N–H and O–H groups in total. The average Bonchev–Trinajstić information content (AvgIpc) is 2.94. The van der Waals surface area contributed by atoms with Crippen LogP contribution in [0.2, 0.25) is 0 Å². The summed E-state index contributed by atoms with van der Waals surface area (Å²) in [5, 5.41) is 0. The third-order valence-corrected chi connectivity index (χ3v) is 7.46. The molecule has 0 spiro atoms. The van der Waals surface area contributed by atoms with Gasteiger partial charge in [0.2, 0.25) is 15.9 Å². The predicted octanol–water partition coefficient (Wildman–Crippen LogP) is 4.44. The number of nitrogens with one attached hydrogen (secondary N) is 1. The molecule has 11 heteroatoms. The van der Waals surface area contributed by atoms with Crippen molar-refractivity contribution in [3.8, 4) is 17.6 Å². The number of amides is 1. The van der Waals surface area contributed by atoms with Crippen LogP contribution in [0.4, 0.5) is 10.1 Å². The number of hydrogen-bond donors (Lipinski definition) is 1. The summed E-state index contributed by atoms with van der Waals surface area (Å²) in [7, 11) is -3.34. The van der Waals surface area contributed by atoms with Crippen LogP contribution < -0.4 is 14.4 Å². The minimum atomic E-state index is -3.34. The van der Waals surface area contributed by atoms with Crippen molar-refractivity contribution in [1.82, 2.24) is 4.72 Å². The Morgan fingerprint density at radius 2 is 1.63 bits per heavy atom. The van der Waals surface area contributed by atoms with Crippen LogP contribution >= 0.6 is 0 Å². The van der Waals surface area contributed by atoms with Crippen LogP contribution in [-0.2, 0) is 29.1 Å². The summed E-state index contributed by atoms with van der Waals surface area (Å²) in [4.78, 5) is 38.4. The van der Waals surface area contributed by atoms with Crippen molar-refractivity contribution in [2.45, 2.75) is 38.8 Å². The first-order valence-corrected chi connectivity index (χ1v) is 15.4. The lowest BCUT2D eigenvalue weighted by Crippen LogP contribution is -2.55. The molecule has 1 aliphatic heterocycles. The Hall–Kier alpha value is -4.53. The van der Waals surface area contributed by atoms with E-state index in [1.165, 1.54) is 26.0 Å². The number of nitrogens with zero attached hydrogens (tertiary/aromatic N) is 1. The van der Waals surface area contributed by atoms with Crippen molar-refractivity contribution in [1.29, 1.82) is 0 Å². The fourth-order valence-corrected chi connectivity index (χ4v) is 5.25. The van der Waals surface area contributed by atoms with Crippen LogP contribution in [0.1, 0.15) is 55.5 Å². The van der Waals surface area contributed by atoms with E-state index in [0.29, 0.717) is 35.4 Å². The number of β-lactam (4-membered cyclic amide) rings is 1. The Labute approximate surface area is 250 Å². The van der Waals surface area contributed by atoms with Gasteiger partial charge >= 0.3 is 11.9 Å². The lowest BCUT2D eigenvalue weighted by molar-refractivity contribution is -0.147. The van der Waals surface area contributed by atoms with Crippen LogP contribution in [0.15, 0.2) is 72.8 Å². The highest BCUT2D eigenvalue weighted by atomic mass is 32.2. The average molecular weight is 607 g/mol. The van der Waals surface area contributed by atoms with Gasteiger partial charge in [-0.1, -0.05) is 36.1 Å². The molecule has 224 valence electrons. The zero-order valence-corrected chi connectivity index (χ0v) is 24.7. The number of hydrogen-bond acceptors (Lipinski definition) is 7. The van der Waals surface area contributed by atoms with Crippen molar-refractivity contribution >= 4 is 33.6 Å². The first kappa shape index (κ1) is 31.4. The zero-order chi connectivity index (χ0) is 31.1. The van der Waals surface area contributed by atoms with E-state index in [-0.39, 0.29) is 18.5 Å². The molecule has 1 fully saturated rings. The number of rotatable bonds is 10. The number of sulfonamides is 1. The van der Waals surface area contributed by atoms with E-state index in [4.69, 9.17) is 9.47 Å². The highest BCUT2D eigenvalue weighted by Crippen LogP contribution is 2.46. The summed E-state index contributed by atoms with van der Waals surface area (Å²) in [5.74, 6) is 4.11. The number of carbonyl (C=O) groups is 3. The summed E-state index contributed by atoms with van der Waals surface area (Å²) in [5.41, 5.74) is 2.74. The van der Waals surface area contributed by atoms with Gasteiger partial charge in [-0.3, -0.25) is 14.4 Å². The lowest BCUT2D eigenvalue weighted by atomic mass is 9.78. The Morgan fingerprint density at radius 3 is 2.21 bits per heavy atom. The fraction of sp³-hybridized carbons (Fsp3) is 0.281. The summed E-state index contributed by atoms with van der Waals surface area (Å²) >= 11 is 0. The molecule has 3 aromatic carbocycles. The first-order valence-electron chi connectivity index (χ1n) is 13.5. The van der Waals surface area contributed by atoms with Crippen molar-refractivity contribution in [3.05, 3.63) is 95.3 Å². The number of anilines is 1. The van der Waals surface area contributed by atoms with Gasteiger partial charge in [0.15, 0.2) is 0 Å². The second-order valence-corrected chi connectivity index (χ2v) is 11.9. The summed E-state index contributed by atoms with van der Waals surface area (Å²) in [6.45, 7) is 2.59. The number of benzene rings is 3. The molecule has 0 bridgehead atoms. The molecule has 43 heavy (non-hydrogen) atoms. The third kappa shape index (κ3) is 8.50. The zero-order valence-electron chi connectivity index (χ0n) is 23.9. The van der Waals surface area contributed by atoms with E-state index in [1.807, 2.05) is 0 Å². The Kier molecular flexibility index (Phi) is 9.95. The summed E-state index contributed by atoms with van der Waals surface area (Å²) in [6, 6.07) is 19.3. The van der Waals surface area contributed by atoms with E-state index in [1.54, 1.807) is 65.6 Å². The topological polar surface area (TPSA) is 119 Å². The van der Waals surface area contributed by atoms with Crippen molar-refractivity contribution in [2.24, 2.45) is 5.92 Å².